The number of rotatable bonds is 5. The van der Waals surface area contributed by atoms with Gasteiger partial charge in [-0.25, -0.2) is 0 Å². The Morgan fingerprint density at radius 2 is 2.06 bits per heavy atom. The topological polar surface area (TPSA) is 57.6 Å². The van der Waals surface area contributed by atoms with Crippen LogP contribution < -0.4 is 0 Å². The van der Waals surface area contributed by atoms with Gasteiger partial charge in [0, 0.05) is 10.9 Å². The van der Waals surface area contributed by atoms with Gasteiger partial charge in [-0.05, 0) is 32.2 Å². The fourth-order valence-corrected chi connectivity index (χ4v) is 2.14. The van der Waals surface area contributed by atoms with E-state index in [1.165, 1.54) is 6.92 Å². The van der Waals surface area contributed by atoms with Crippen molar-refractivity contribution in [3.63, 3.8) is 0 Å². The normalized spacial score (nSPS) is 12.5. The van der Waals surface area contributed by atoms with E-state index in [0.29, 0.717) is 6.54 Å². The minimum absolute atomic E-state index is 0.00796. The Morgan fingerprint density at radius 1 is 1.41 bits per heavy atom. The first-order chi connectivity index (χ1) is 7.93. The second-order valence-corrected chi connectivity index (χ2v) is 5.23. The third kappa shape index (κ3) is 3.56. The molecule has 0 fully saturated rings. The summed E-state index contributed by atoms with van der Waals surface area (Å²) in [5.74, 6) is -2.40. The van der Waals surface area contributed by atoms with Gasteiger partial charge >= 0.3 is 5.97 Å². The SMILES string of the molecule is CC(C(=O)O)C(=O)N(Cc1cccs1)C(C)C. The van der Waals surface area contributed by atoms with Crippen LogP contribution in [0.3, 0.4) is 0 Å². The summed E-state index contributed by atoms with van der Waals surface area (Å²) in [4.78, 5) is 25.5. The summed E-state index contributed by atoms with van der Waals surface area (Å²) in [5, 5.41) is 10.8. The van der Waals surface area contributed by atoms with Crippen LogP contribution in [0.25, 0.3) is 0 Å². The molecule has 4 nitrogen and oxygen atoms in total. The lowest BCUT2D eigenvalue weighted by Gasteiger charge is -2.27. The number of hydrogen-bond donors (Lipinski definition) is 1. The van der Waals surface area contributed by atoms with E-state index in [1.54, 1.807) is 16.2 Å². The molecule has 1 amide bonds. The van der Waals surface area contributed by atoms with Crippen LogP contribution in [0.15, 0.2) is 17.5 Å². The van der Waals surface area contributed by atoms with E-state index in [1.807, 2.05) is 31.4 Å². The van der Waals surface area contributed by atoms with E-state index in [0.717, 1.165) is 4.88 Å². The lowest BCUT2D eigenvalue weighted by molar-refractivity contribution is -0.151. The van der Waals surface area contributed by atoms with E-state index in [4.69, 9.17) is 5.11 Å². The quantitative estimate of drug-likeness (QED) is 0.821. The number of carbonyl (C=O) groups excluding carboxylic acids is 1. The predicted octanol–water partition coefficient (Wildman–Crippen LogP) is 2.21. The summed E-state index contributed by atoms with van der Waals surface area (Å²) in [6.45, 7) is 5.68. The zero-order valence-electron chi connectivity index (χ0n) is 10.2. The fourth-order valence-electron chi connectivity index (χ4n) is 1.44. The molecule has 1 heterocycles. The van der Waals surface area contributed by atoms with Crippen molar-refractivity contribution < 1.29 is 14.7 Å². The maximum Gasteiger partial charge on any atom is 0.315 e. The van der Waals surface area contributed by atoms with E-state index < -0.39 is 11.9 Å². The zero-order valence-corrected chi connectivity index (χ0v) is 11.0. The van der Waals surface area contributed by atoms with Crippen LogP contribution in [0.5, 0.6) is 0 Å². The molecule has 0 bridgehead atoms. The molecule has 1 N–H and O–H groups in total. The lowest BCUT2D eigenvalue weighted by Crippen LogP contribution is -2.41. The summed E-state index contributed by atoms with van der Waals surface area (Å²) in [6, 6.07) is 3.86. The Labute approximate surface area is 105 Å². The number of amides is 1. The molecule has 5 heteroatoms. The lowest BCUT2D eigenvalue weighted by atomic mass is 10.1. The monoisotopic (exact) mass is 255 g/mol. The van der Waals surface area contributed by atoms with Crippen LogP contribution in [-0.4, -0.2) is 27.9 Å². The molecule has 0 aliphatic carbocycles. The summed E-state index contributed by atoms with van der Waals surface area (Å²) in [5.41, 5.74) is 0. The van der Waals surface area contributed by atoms with Crippen molar-refractivity contribution in [1.82, 2.24) is 4.90 Å². The van der Waals surface area contributed by atoms with E-state index in [-0.39, 0.29) is 11.9 Å². The van der Waals surface area contributed by atoms with E-state index in [2.05, 4.69) is 0 Å². The van der Waals surface area contributed by atoms with Gasteiger partial charge in [0.2, 0.25) is 5.91 Å². The average Bonchev–Trinajstić information content (AvgIpc) is 2.76. The van der Waals surface area contributed by atoms with Gasteiger partial charge in [0.25, 0.3) is 0 Å². The van der Waals surface area contributed by atoms with Crippen molar-refractivity contribution in [2.45, 2.75) is 33.4 Å². The first-order valence-corrected chi connectivity index (χ1v) is 6.37. The number of nitrogens with zero attached hydrogens (tertiary/aromatic N) is 1. The minimum atomic E-state index is -1.08. The Balaban J connectivity index is 2.79. The minimum Gasteiger partial charge on any atom is -0.481 e. The van der Waals surface area contributed by atoms with Gasteiger partial charge in [0.15, 0.2) is 0 Å². The highest BCUT2D eigenvalue weighted by Gasteiger charge is 2.27. The molecule has 0 aliphatic rings. The van der Waals surface area contributed by atoms with Gasteiger partial charge in [0.1, 0.15) is 5.92 Å². The summed E-state index contributed by atoms with van der Waals surface area (Å²) >= 11 is 1.56. The molecule has 0 spiro atoms. The first kappa shape index (κ1) is 13.7. The largest absolute Gasteiger partial charge is 0.481 e. The molecule has 0 radical (unpaired) electrons. The molecule has 0 saturated heterocycles. The third-order valence-corrected chi connectivity index (χ3v) is 3.41. The second kappa shape index (κ2) is 5.82. The molecule has 1 aromatic heterocycles. The van der Waals surface area contributed by atoms with Gasteiger partial charge in [-0.2, -0.15) is 0 Å². The highest BCUT2D eigenvalue weighted by Crippen LogP contribution is 2.16. The summed E-state index contributed by atoms with van der Waals surface area (Å²) in [6.07, 6.45) is 0. The Hall–Kier alpha value is -1.36. The highest BCUT2D eigenvalue weighted by molar-refractivity contribution is 7.09. The van der Waals surface area contributed by atoms with Crippen LogP contribution in [-0.2, 0) is 16.1 Å². The Morgan fingerprint density at radius 3 is 2.47 bits per heavy atom. The van der Waals surface area contributed by atoms with Gasteiger partial charge in [-0.1, -0.05) is 6.07 Å². The van der Waals surface area contributed by atoms with Gasteiger partial charge in [-0.15, -0.1) is 11.3 Å². The first-order valence-electron chi connectivity index (χ1n) is 5.49. The molecule has 17 heavy (non-hydrogen) atoms. The number of thiophene rings is 1. The molecule has 94 valence electrons. The summed E-state index contributed by atoms with van der Waals surface area (Å²) < 4.78 is 0. The zero-order chi connectivity index (χ0) is 13.0. The average molecular weight is 255 g/mol. The molecule has 1 rings (SSSR count). The molecule has 1 atom stereocenters. The summed E-state index contributed by atoms with van der Waals surface area (Å²) in [7, 11) is 0. The Kier molecular flexibility index (Phi) is 4.69. The molecule has 1 unspecified atom stereocenters. The number of hydrogen-bond acceptors (Lipinski definition) is 3. The van der Waals surface area contributed by atoms with Crippen LogP contribution in [0.4, 0.5) is 0 Å². The fraction of sp³-hybridized carbons (Fsp3) is 0.500. The maximum absolute atomic E-state index is 12.0. The third-order valence-electron chi connectivity index (χ3n) is 2.55. The number of carboxylic acid groups (broad SMARTS) is 1. The van der Waals surface area contributed by atoms with Crippen molar-refractivity contribution in [3.8, 4) is 0 Å². The standard InChI is InChI=1S/C12H17NO3S/c1-8(2)13(7-10-5-4-6-17-10)11(14)9(3)12(15)16/h4-6,8-9H,7H2,1-3H3,(H,15,16). The van der Waals surface area contributed by atoms with Gasteiger partial charge in [0.05, 0.1) is 6.54 Å². The smallest absolute Gasteiger partial charge is 0.315 e. The molecule has 0 aromatic carbocycles. The molecular formula is C12H17NO3S. The number of carboxylic acids is 1. The molecule has 1 aromatic rings. The molecule has 0 saturated carbocycles. The van der Waals surface area contributed by atoms with Crippen LogP contribution in [0, 0.1) is 5.92 Å². The number of carbonyl (C=O) groups is 2. The van der Waals surface area contributed by atoms with Gasteiger partial charge in [-0.3, -0.25) is 9.59 Å². The van der Waals surface area contributed by atoms with Gasteiger partial charge < -0.3 is 10.0 Å². The second-order valence-electron chi connectivity index (χ2n) is 4.20. The van der Waals surface area contributed by atoms with Crippen molar-refractivity contribution in [2.24, 2.45) is 5.92 Å². The predicted molar refractivity (Wildman–Crippen MR) is 66.8 cm³/mol. The van der Waals surface area contributed by atoms with Crippen molar-refractivity contribution in [3.05, 3.63) is 22.4 Å². The van der Waals surface area contributed by atoms with Crippen molar-refractivity contribution >= 4 is 23.2 Å². The van der Waals surface area contributed by atoms with Crippen molar-refractivity contribution in [2.75, 3.05) is 0 Å². The highest BCUT2D eigenvalue weighted by atomic mass is 32.1. The van der Waals surface area contributed by atoms with Crippen LogP contribution >= 0.6 is 11.3 Å². The van der Waals surface area contributed by atoms with Crippen LogP contribution in [0.1, 0.15) is 25.6 Å². The van der Waals surface area contributed by atoms with Crippen LogP contribution in [0.2, 0.25) is 0 Å². The number of aliphatic carboxylic acids is 1. The maximum atomic E-state index is 12.0. The molecule has 0 aliphatic heterocycles. The Bertz CT molecular complexity index is 386. The molecular weight excluding hydrogens is 238 g/mol. The van der Waals surface area contributed by atoms with E-state index >= 15 is 0 Å². The van der Waals surface area contributed by atoms with Crippen molar-refractivity contribution in [1.29, 1.82) is 0 Å². The van der Waals surface area contributed by atoms with E-state index in [9.17, 15) is 9.59 Å².